The lowest BCUT2D eigenvalue weighted by Crippen LogP contribution is -2.16. The number of aromatic nitrogens is 1. The molecule has 4 nitrogen and oxygen atoms in total. The standard InChI is InChI=1S/C19H20N2O2/c1-23-19(22)18-12-16-11-14(7-8-17(16)21-18)9-10-20-13-15-5-3-2-4-6-15/h2-8,11-12,20-21H,9-10,13H2,1H3. The van der Waals surface area contributed by atoms with E-state index in [1.54, 1.807) is 0 Å². The fourth-order valence-corrected chi connectivity index (χ4v) is 2.62. The molecule has 0 radical (unpaired) electrons. The molecule has 2 N–H and O–H groups in total. The smallest absolute Gasteiger partial charge is 0.354 e. The normalized spacial score (nSPS) is 10.8. The Morgan fingerprint density at radius 2 is 1.91 bits per heavy atom. The van der Waals surface area contributed by atoms with Crippen LogP contribution in [0.25, 0.3) is 10.9 Å². The predicted molar refractivity (Wildman–Crippen MR) is 91.5 cm³/mol. The number of hydrogen-bond donors (Lipinski definition) is 2. The second-order valence-electron chi connectivity index (χ2n) is 5.51. The van der Waals surface area contributed by atoms with Crippen LogP contribution < -0.4 is 5.32 Å². The molecule has 0 fully saturated rings. The quantitative estimate of drug-likeness (QED) is 0.543. The van der Waals surface area contributed by atoms with E-state index < -0.39 is 0 Å². The van der Waals surface area contributed by atoms with Crippen LogP contribution in [0.4, 0.5) is 0 Å². The van der Waals surface area contributed by atoms with Crippen molar-refractivity contribution in [2.45, 2.75) is 13.0 Å². The maximum Gasteiger partial charge on any atom is 0.354 e. The molecule has 3 rings (SSSR count). The van der Waals surface area contributed by atoms with Gasteiger partial charge in [-0.15, -0.1) is 0 Å². The fourth-order valence-electron chi connectivity index (χ4n) is 2.62. The average molecular weight is 308 g/mol. The Bertz CT molecular complexity index is 793. The third-order valence-corrected chi connectivity index (χ3v) is 3.85. The van der Waals surface area contributed by atoms with E-state index in [1.165, 1.54) is 18.2 Å². The van der Waals surface area contributed by atoms with E-state index in [1.807, 2.05) is 18.2 Å². The summed E-state index contributed by atoms with van der Waals surface area (Å²) in [4.78, 5) is 14.6. The van der Waals surface area contributed by atoms with Crippen LogP contribution in [0, 0.1) is 0 Å². The Kier molecular flexibility index (Phi) is 4.74. The molecule has 0 saturated carbocycles. The van der Waals surface area contributed by atoms with Gasteiger partial charge >= 0.3 is 5.97 Å². The minimum absolute atomic E-state index is 0.340. The number of hydrogen-bond acceptors (Lipinski definition) is 3. The number of carbonyl (C=O) groups excluding carboxylic acids is 1. The first kappa shape index (κ1) is 15.3. The van der Waals surface area contributed by atoms with E-state index in [9.17, 15) is 4.79 Å². The first-order chi connectivity index (χ1) is 11.3. The van der Waals surface area contributed by atoms with Crippen LogP contribution in [-0.4, -0.2) is 24.6 Å². The summed E-state index contributed by atoms with van der Waals surface area (Å²) in [5, 5.41) is 4.48. The number of rotatable bonds is 6. The third kappa shape index (κ3) is 3.79. The number of nitrogens with one attached hydrogen (secondary N) is 2. The van der Waals surface area contributed by atoms with Crippen molar-refractivity contribution < 1.29 is 9.53 Å². The monoisotopic (exact) mass is 308 g/mol. The van der Waals surface area contributed by atoms with Gasteiger partial charge in [-0.05, 0) is 42.3 Å². The molecule has 0 amide bonds. The molecule has 0 spiro atoms. The number of methoxy groups -OCH3 is 1. The summed E-state index contributed by atoms with van der Waals surface area (Å²) < 4.78 is 4.74. The van der Waals surface area contributed by atoms with Gasteiger partial charge in [-0.3, -0.25) is 0 Å². The molecule has 2 aromatic carbocycles. The van der Waals surface area contributed by atoms with Gasteiger partial charge in [-0.25, -0.2) is 4.79 Å². The largest absolute Gasteiger partial charge is 0.464 e. The highest BCUT2D eigenvalue weighted by Crippen LogP contribution is 2.18. The second-order valence-corrected chi connectivity index (χ2v) is 5.51. The summed E-state index contributed by atoms with van der Waals surface area (Å²) in [5.74, 6) is -0.340. The van der Waals surface area contributed by atoms with Crippen molar-refractivity contribution in [1.82, 2.24) is 10.3 Å². The lowest BCUT2D eigenvalue weighted by Gasteiger charge is -2.05. The summed E-state index contributed by atoms with van der Waals surface area (Å²) in [7, 11) is 1.39. The van der Waals surface area contributed by atoms with Gasteiger partial charge in [0.2, 0.25) is 0 Å². The summed E-state index contributed by atoms with van der Waals surface area (Å²) >= 11 is 0. The maximum absolute atomic E-state index is 11.6. The first-order valence-electron chi connectivity index (χ1n) is 7.71. The van der Waals surface area contributed by atoms with Crippen LogP contribution in [-0.2, 0) is 17.7 Å². The van der Waals surface area contributed by atoms with Crippen LogP contribution in [0.3, 0.4) is 0 Å². The molecule has 118 valence electrons. The maximum atomic E-state index is 11.6. The molecular formula is C19H20N2O2. The number of esters is 1. The molecule has 1 aromatic heterocycles. The van der Waals surface area contributed by atoms with Crippen molar-refractivity contribution in [2.75, 3.05) is 13.7 Å². The van der Waals surface area contributed by atoms with Crippen molar-refractivity contribution in [3.63, 3.8) is 0 Å². The SMILES string of the molecule is COC(=O)c1cc2cc(CCNCc3ccccc3)ccc2[nH]1. The van der Waals surface area contributed by atoms with Crippen LogP contribution in [0.5, 0.6) is 0 Å². The number of aromatic amines is 1. The van der Waals surface area contributed by atoms with Crippen molar-refractivity contribution in [3.8, 4) is 0 Å². The molecule has 4 heteroatoms. The molecule has 23 heavy (non-hydrogen) atoms. The highest BCUT2D eigenvalue weighted by molar-refractivity contribution is 5.94. The van der Waals surface area contributed by atoms with E-state index in [-0.39, 0.29) is 5.97 Å². The average Bonchev–Trinajstić information content (AvgIpc) is 3.02. The van der Waals surface area contributed by atoms with Gasteiger partial charge in [0.15, 0.2) is 0 Å². The molecule has 0 unspecified atom stereocenters. The van der Waals surface area contributed by atoms with Gasteiger partial charge in [-0.2, -0.15) is 0 Å². The summed E-state index contributed by atoms with van der Waals surface area (Å²) in [6.45, 7) is 1.79. The van der Waals surface area contributed by atoms with E-state index >= 15 is 0 Å². The zero-order valence-electron chi connectivity index (χ0n) is 13.1. The van der Waals surface area contributed by atoms with Gasteiger partial charge in [-0.1, -0.05) is 36.4 Å². The Hall–Kier alpha value is -2.59. The zero-order valence-corrected chi connectivity index (χ0v) is 13.1. The topological polar surface area (TPSA) is 54.1 Å². The molecule has 1 heterocycles. The lowest BCUT2D eigenvalue weighted by molar-refractivity contribution is 0.0595. The van der Waals surface area contributed by atoms with Crippen molar-refractivity contribution in [2.24, 2.45) is 0 Å². The summed E-state index contributed by atoms with van der Waals surface area (Å²) in [6.07, 6.45) is 0.946. The first-order valence-corrected chi connectivity index (χ1v) is 7.71. The lowest BCUT2D eigenvalue weighted by atomic mass is 10.1. The predicted octanol–water partition coefficient (Wildman–Crippen LogP) is 3.29. The molecule has 0 atom stereocenters. The third-order valence-electron chi connectivity index (χ3n) is 3.85. The highest BCUT2D eigenvalue weighted by Gasteiger charge is 2.09. The van der Waals surface area contributed by atoms with Crippen molar-refractivity contribution >= 4 is 16.9 Å². The van der Waals surface area contributed by atoms with Gasteiger partial charge in [0.1, 0.15) is 5.69 Å². The molecule has 0 bridgehead atoms. The Morgan fingerprint density at radius 3 is 2.70 bits per heavy atom. The Labute approximate surface area is 135 Å². The minimum Gasteiger partial charge on any atom is -0.464 e. The number of fused-ring (bicyclic) bond motifs is 1. The van der Waals surface area contributed by atoms with Crippen molar-refractivity contribution in [1.29, 1.82) is 0 Å². The van der Waals surface area contributed by atoms with E-state index in [4.69, 9.17) is 4.74 Å². The Balaban J connectivity index is 1.59. The molecule has 0 aliphatic carbocycles. The van der Waals surface area contributed by atoms with Gasteiger partial charge in [0.25, 0.3) is 0 Å². The van der Waals surface area contributed by atoms with E-state index in [2.05, 4.69) is 46.7 Å². The zero-order chi connectivity index (χ0) is 16.1. The fraction of sp³-hybridized carbons (Fsp3) is 0.211. The van der Waals surface area contributed by atoms with Gasteiger partial charge in [0.05, 0.1) is 7.11 Å². The van der Waals surface area contributed by atoms with Gasteiger partial charge < -0.3 is 15.0 Å². The van der Waals surface area contributed by atoms with Crippen LogP contribution in [0.15, 0.2) is 54.6 Å². The number of ether oxygens (including phenoxy) is 1. The van der Waals surface area contributed by atoms with Gasteiger partial charge in [0, 0.05) is 17.4 Å². The molecule has 0 saturated heterocycles. The summed E-state index contributed by atoms with van der Waals surface area (Å²) in [5.41, 5.74) is 3.97. The van der Waals surface area contributed by atoms with Crippen LogP contribution in [0.1, 0.15) is 21.6 Å². The second kappa shape index (κ2) is 7.11. The molecule has 3 aromatic rings. The van der Waals surface area contributed by atoms with E-state index in [0.29, 0.717) is 5.69 Å². The minimum atomic E-state index is -0.340. The number of benzene rings is 2. The Morgan fingerprint density at radius 1 is 1.09 bits per heavy atom. The number of carbonyl (C=O) groups is 1. The van der Waals surface area contributed by atoms with E-state index in [0.717, 1.165) is 30.4 Å². The highest BCUT2D eigenvalue weighted by atomic mass is 16.5. The molecule has 0 aliphatic rings. The summed E-state index contributed by atoms with van der Waals surface area (Å²) in [6, 6.07) is 18.4. The van der Waals surface area contributed by atoms with Crippen LogP contribution >= 0.6 is 0 Å². The van der Waals surface area contributed by atoms with Crippen LogP contribution in [0.2, 0.25) is 0 Å². The number of H-pyrrole nitrogens is 1. The molecular weight excluding hydrogens is 288 g/mol. The van der Waals surface area contributed by atoms with Crippen molar-refractivity contribution in [3.05, 3.63) is 71.4 Å². The molecule has 0 aliphatic heterocycles.